The summed E-state index contributed by atoms with van der Waals surface area (Å²) in [7, 11) is 0. The van der Waals surface area contributed by atoms with Gasteiger partial charge in [-0.15, -0.1) is 0 Å². The minimum atomic E-state index is 0.680. The molecule has 0 radical (unpaired) electrons. The highest BCUT2D eigenvalue weighted by Gasteiger charge is 2.07. The highest BCUT2D eigenvalue weighted by atomic mass is 79.9. The number of benzene rings is 2. The second kappa shape index (κ2) is 5.42. The number of pyridine rings is 1. The number of rotatable bonds is 2. The number of nitrogens with zero attached hydrogens (tertiary/aromatic N) is 1. The third kappa shape index (κ3) is 2.51. The number of hydrogen-bond acceptors (Lipinski definition) is 3. The van der Waals surface area contributed by atoms with Crippen LogP contribution in [0.15, 0.2) is 57.6 Å². The molecule has 0 aliphatic carbocycles. The van der Waals surface area contributed by atoms with Crippen LogP contribution >= 0.6 is 31.9 Å². The van der Waals surface area contributed by atoms with Crippen LogP contribution in [-0.2, 0) is 0 Å². The maximum atomic E-state index is 5.97. The number of nitrogens with two attached hydrogens (primary N) is 1. The lowest BCUT2D eigenvalue weighted by atomic mass is 10.1. The summed E-state index contributed by atoms with van der Waals surface area (Å²) in [5.41, 5.74) is 9.41. The Morgan fingerprint density at radius 1 is 1.00 bits per heavy atom. The highest BCUT2D eigenvalue weighted by Crippen LogP contribution is 2.33. The van der Waals surface area contributed by atoms with Gasteiger partial charge in [-0.2, -0.15) is 0 Å². The highest BCUT2D eigenvalue weighted by molar-refractivity contribution is 9.11. The molecule has 20 heavy (non-hydrogen) atoms. The molecule has 1 heterocycles. The molecule has 3 rings (SSSR count). The number of aromatic nitrogens is 1. The lowest BCUT2D eigenvalue weighted by molar-refractivity contribution is 1.41. The molecule has 0 unspecified atom stereocenters. The summed E-state index contributed by atoms with van der Waals surface area (Å²) in [4.78, 5) is 4.34. The van der Waals surface area contributed by atoms with Crippen LogP contribution in [0.3, 0.4) is 0 Å². The van der Waals surface area contributed by atoms with Crippen LogP contribution in [0.5, 0.6) is 0 Å². The zero-order valence-electron chi connectivity index (χ0n) is 10.4. The number of fused-ring (bicyclic) bond motifs is 1. The van der Waals surface area contributed by atoms with Gasteiger partial charge < -0.3 is 11.1 Å². The van der Waals surface area contributed by atoms with Crippen LogP contribution < -0.4 is 11.1 Å². The van der Waals surface area contributed by atoms with E-state index in [0.717, 1.165) is 31.2 Å². The predicted octanol–water partition coefficient (Wildman–Crippen LogP) is 5.09. The van der Waals surface area contributed by atoms with E-state index < -0.39 is 0 Å². The van der Waals surface area contributed by atoms with E-state index in [-0.39, 0.29) is 0 Å². The van der Waals surface area contributed by atoms with Crippen molar-refractivity contribution in [3.05, 3.63) is 57.6 Å². The van der Waals surface area contributed by atoms with Crippen molar-refractivity contribution >= 4 is 59.8 Å². The van der Waals surface area contributed by atoms with Gasteiger partial charge in [0, 0.05) is 26.2 Å². The Balaban J connectivity index is 2.11. The maximum absolute atomic E-state index is 5.97. The number of nitrogens with one attached hydrogen (secondary N) is 1. The average Bonchev–Trinajstić information content (AvgIpc) is 2.46. The summed E-state index contributed by atoms with van der Waals surface area (Å²) in [5, 5.41) is 4.41. The van der Waals surface area contributed by atoms with Crippen LogP contribution in [0.1, 0.15) is 0 Å². The molecule has 100 valence electrons. The Bertz CT molecular complexity index is 787. The van der Waals surface area contributed by atoms with Crippen LogP contribution in [0, 0.1) is 0 Å². The van der Waals surface area contributed by atoms with Crippen LogP contribution in [0.4, 0.5) is 17.1 Å². The Labute approximate surface area is 133 Å². The second-order valence-electron chi connectivity index (χ2n) is 4.35. The van der Waals surface area contributed by atoms with Crippen LogP contribution in [0.2, 0.25) is 0 Å². The largest absolute Gasteiger partial charge is 0.397 e. The van der Waals surface area contributed by atoms with Gasteiger partial charge in [0.05, 0.1) is 16.9 Å². The van der Waals surface area contributed by atoms with Crippen molar-refractivity contribution in [1.29, 1.82) is 0 Å². The molecule has 3 aromatic rings. The van der Waals surface area contributed by atoms with Crippen molar-refractivity contribution in [3.8, 4) is 0 Å². The standard InChI is InChI=1S/C15H11Br2N3/c16-9-3-4-11(17)14(8-9)20-13-6-5-12(18)15-10(13)2-1-7-19-15/h1-8,20H,18H2. The molecule has 0 amide bonds. The van der Waals surface area contributed by atoms with Gasteiger partial charge in [-0.05, 0) is 58.4 Å². The molecule has 1 aromatic heterocycles. The molecule has 2 aromatic carbocycles. The summed E-state index contributed by atoms with van der Waals surface area (Å²) in [6.07, 6.45) is 1.75. The van der Waals surface area contributed by atoms with Gasteiger partial charge in [0.25, 0.3) is 0 Å². The normalized spacial score (nSPS) is 10.7. The monoisotopic (exact) mass is 391 g/mol. The van der Waals surface area contributed by atoms with Crippen molar-refractivity contribution in [2.45, 2.75) is 0 Å². The van der Waals surface area contributed by atoms with E-state index in [1.807, 2.05) is 42.5 Å². The van der Waals surface area contributed by atoms with E-state index in [2.05, 4.69) is 42.2 Å². The second-order valence-corrected chi connectivity index (χ2v) is 6.12. The number of anilines is 3. The van der Waals surface area contributed by atoms with Gasteiger partial charge in [-0.25, -0.2) is 0 Å². The zero-order chi connectivity index (χ0) is 14.1. The molecule has 0 aliphatic heterocycles. The van der Waals surface area contributed by atoms with E-state index in [9.17, 15) is 0 Å². The van der Waals surface area contributed by atoms with Gasteiger partial charge in [0.1, 0.15) is 0 Å². The van der Waals surface area contributed by atoms with E-state index in [0.29, 0.717) is 5.69 Å². The Kier molecular flexibility index (Phi) is 3.63. The summed E-state index contributed by atoms with van der Waals surface area (Å²) >= 11 is 7.02. The zero-order valence-corrected chi connectivity index (χ0v) is 13.6. The first-order chi connectivity index (χ1) is 9.65. The molecular formula is C15H11Br2N3. The van der Waals surface area contributed by atoms with E-state index in [1.54, 1.807) is 6.20 Å². The minimum Gasteiger partial charge on any atom is -0.397 e. The lowest BCUT2D eigenvalue weighted by Crippen LogP contribution is -1.96. The first-order valence-corrected chi connectivity index (χ1v) is 7.59. The molecule has 5 heteroatoms. The first kappa shape index (κ1) is 13.4. The van der Waals surface area contributed by atoms with Crippen molar-refractivity contribution in [3.63, 3.8) is 0 Å². The molecule has 0 aliphatic rings. The van der Waals surface area contributed by atoms with E-state index in [1.165, 1.54) is 0 Å². The predicted molar refractivity (Wildman–Crippen MR) is 91.3 cm³/mol. The van der Waals surface area contributed by atoms with E-state index >= 15 is 0 Å². The average molecular weight is 393 g/mol. The van der Waals surface area contributed by atoms with E-state index in [4.69, 9.17) is 5.73 Å². The number of halogens is 2. The van der Waals surface area contributed by atoms with Crippen LogP contribution in [-0.4, -0.2) is 4.98 Å². The van der Waals surface area contributed by atoms with Gasteiger partial charge in [0.15, 0.2) is 0 Å². The fraction of sp³-hybridized carbons (Fsp3) is 0. The van der Waals surface area contributed by atoms with Crippen molar-refractivity contribution in [2.24, 2.45) is 0 Å². The minimum absolute atomic E-state index is 0.680. The molecular weight excluding hydrogens is 382 g/mol. The molecule has 3 nitrogen and oxygen atoms in total. The first-order valence-electron chi connectivity index (χ1n) is 6.00. The van der Waals surface area contributed by atoms with Gasteiger partial charge >= 0.3 is 0 Å². The molecule has 0 atom stereocenters. The fourth-order valence-corrected chi connectivity index (χ4v) is 2.75. The van der Waals surface area contributed by atoms with Gasteiger partial charge in [-0.1, -0.05) is 15.9 Å². The quantitative estimate of drug-likeness (QED) is 0.597. The lowest BCUT2D eigenvalue weighted by Gasteiger charge is -2.12. The fourth-order valence-electron chi connectivity index (χ4n) is 2.04. The summed E-state index contributed by atoms with van der Waals surface area (Å²) in [6.45, 7) is 0. The Morgan fingerprint density at radius 3 is 2.70 bits per heavy atom. The van der Waals surface area contributed by atoms with Gasteiger partial charge in [-0.3, -0.25) is 4.98 Å². The molecule has 0 bridgehead atoms. The van der Waals surface area contributed by atoms with Crippen molar-refractivity contribution in [1.82, 2.24) is 4.98 Å². The molecule has 0 saturated heterocycles. The maximum Gasteiger partial charge on any atom is 0.0951 e. The molecule has 0 fully saturated rings. The molecule has 0 saturated carbocycles. The van der Waals surface area contributed by atoms with Crippen molar-refractivity contribution in [2.75, 3.05) is 11.1 Å². The summed E-state index contributed by atoms with van der Waals surface area (Å²) < 4.78 is 2.01. The third-order valence-electron chi connectivity index (χ3n) is 3.00. The smallest absolute Gasteiger partial charge is 0.0951 e. The van der Waals surface area contributed by atoms with Crippen molar-refractivity contribution < 1.29 is 0 Å². The number of nitrogen functional groups attached to an aromatic ring is 1. The SMILES string of the molecule is Nc1ccc(Nc2cc(Br)ccc2Br)c2cccnc12. The Morgan fingerprint density at radius 2 is 1.85 bits per heavy atom. The van der Waals surface area contributed by atoms with Crippen LogP contribution in [0.25, 0.3) is 10.9 Å². The summed E-state index contributed by atoms with van der Waals surface area (Å²) in [5.74, 6) is 0. The number of hydrogen-bond donors (Lipinski definition) is 2. The van der Waals surface area contributed by atoms with Gasteiger partial charge in [0.2, 0.25) is 0 Å². The summed E-state index contributed by atoms with van der Waals surface area (Å²) in [6, 6.07) is 13.7. The topological polar surface area (TPSA) is 50.9 Å². The third-order valence-corrected chi connectivity index (χ3v) is 4.18. The molecule has 0 spiro atoms. The molecule has 3 N–H and O–H groups in total. The Hall–Kier alpha value is -1.59.